The highest BCUT2D eigenvalue weighted by atomic mass is 35.5. The van der Waals surface area contributed by atoms with Gasteiger partial charge in [-0.15, -0.1) is 0 Å². The van der Waals surface area contributed by atoms with Gasteiger partial charge in [0.15, 0.2) is 5.75 Å². The minimum absolute atomic E-state index is 0.00939. The van der Waals surface area contributed by atoms with E-state index < -0.39 is 16.1 Å². The van der Waals surface area contributed by atoms with Crippen molar-refractivity contribution in [2.75, 3.05) is 13.7 Å². The van der Waals surface area contributed by atoms with E-state index in [9.17, 15) is 13.2 Å². The van der Waals surface area contributed by atoms with E-state index in [2.05, 4.69) is 10.0 Å². The third kappa shape index (κ3) is 3.42. The molecule has 1 amide bonds. The lowest BCUT2D eigenvalue weighted by Gasteiger charge is -2.23. The number of hydrogen-bond donors (Lipinski definition) is 2. The van der Waals surface area contributed by atoms with Crippen molar-refractivity contribution in [1.82, 2.24) is 10.0 Å². The van der Waals surface area contributed by atoms with Crippen LogP contribution >= 0.6 is 23.2 Å². The summed E-state index contributed by atoms with van der Waals surface area (Å²) in [6.07, 6.45) is 1.14. The van der Waals surface area contributed by atoms with E-state index in [0.717, 1.165) is 0 Å². The van der Waals surface area contributed by atoms with Crippen molar-refractivity contribution in [2.24, 2.45) is 0 Å². The van der Waals surface area contributed by atoms with E-state index in [1.807, 2.05) is 0 Å². The number of carbonyl (C=O) groups is 1. The third-order valence-corrected chi connectivity index (χ3v) is 5.37. The molecule has 1 unspecified atom stereocenters. The molecule has 1 aromatic carbocycles. The molecule has 1 atom stereocenters. The molecule has 1 heterocycles. The van der Waals surface area contributed by atoms with Crippen LogP contribution < -0.4 is 14.8 Å². The fraction of sp³-hybridized carbons (Fsp3) is 0.417. The zero-order valence-corrected chi connectivity index (χ0v) is 13.5. The predicted molar refractivity (Wildman–Crippen MR) is 79.4 cm³/mol. The molecule has 0 saturated carbocycles. The number of amides is 1. The van der Waals surface area contributed by atoms with Gasteiger partial charge in [-0.3, -0.25) is 4.79 Å². The van der Waals surface area contributed by atoms with Crippen LogP contribution in [0.4, 0.5) is 0 Å². The van der Waals surface area contributed by atoms with Crippen LogP contribution in [0.3, 0.4) is 0 Å². The number of halogens is 2. The Balaban J connectivity index is 2.36. The maximum atomic E-state index is 12.4. The molecule has 1 aliphatic rings. The summed E-state index contributed by atoms with van der Waals surface area (Å²) >= 11 is 11.8. The van der Waals surface area contributed by atoms with Gasteiger partial charge in [0.2, 0.25) is 15.9 Å². The monoisotopic (exact) mass is 352 g/mol. The first-order valence-electron chi connectivity index (χ1n) is 6.19. The summed E-state index contributed by atoms with van der Waals surface area (Å²) in [6.45, 7) is 0.549. The van der Waals surface area contributed by atoms with Gasteiger partial charge in [0.1, 0.15) is 16.0 Å². The topological polar surface area (TPSA) is 84.5 Å². The highest BCUT2D eigenvalue weighted by Crippen LogP contribution is 2.37. The van der Waals surface area contributed by atoms with Gasteiger partial charge in [-0.05, 0) is 25.0 Å². The Morgan fingerprint density at radius 3 is 2.71 bits per heavy atom. The third-order valence-electron chi connectivity index (χ3n) is 3.09. The van der Waals surface area contributed by atoms with Crippen LogP contribution in [0.25, 0.3) is 0 Å². The fourth-order valence-corrected chi connectivity index (χ4v) is 3.90. The van der Waals surface area contributed by atoms with Crippen molar-refractivity contribution in [1.29, 1.82) is 0 Å². The molecule has 2 N–H and O–H groups in total. The Morgan fingerprint density at radius 2 is 2.10 bits per heavy atom. The standard InChI is InChI=1S/C12H14Cl2N2O4S/c1-20-11-9(5-4-7(13)10(11)14)21(18,19)16-8-3-2-6-15-12(8)17/h4-5,8,16H,2-3,6H2,1H3,(H,15,17). The van der Waals surface area contributed by atoms with Crippen LogP contribution in [-0.4, -0.2) is 34.0 Å². The van der Waals surface area contributed by atoms with E-state index in [-0.39, 0.29) is 26.6 Å². The average Bonchev–Trinajstić information content (AvgIpc) is 2.43. The van der Waals surface area contributed by atoms with Gasteiger partial charge in [0, 0.05) is 6.54 Å². The van der Waals surface area contributed by atoms with Gasteiger partial charge in [-0.2, -0.15) is 4.72 Å². The molecule has 0 bridgehead atoms. The lowest BCUT2D eigenvalue weighted by molar-refractivity contribution is -0.124. The molecular weight excluding hydrogens is 339 g/mol. The number of carbonyl (C=O) groups excluding carboxylic acids is 1. The summed E-state index contributed by atoms with van der Waals surface area (Å²) in [5.74, 6) is -0.392. The highest BCUT2D eigenvalue weighted by Gasteiger charge is 2.30. The van der Waals surface area contributed by atoms with Crippen LogP contribution in [0.5, 0.6) is 5.75 Å². The Morgan fingerprint density at radius 1 is 1.38 bits per heavy atom. The first-order valence-corrected chi connectivity index (χ1v) is 8.42. The molecule has 9 heteroatoms. The van der Waals surface area contributed by atoms with E-state index in [1.54, 1.807) is 0 Å². The zero-order valence-electron chi connectivity index (χ0n) is 11.2. The molecule has 1 fully saturated rings. The largest absolute Gasteiger partial charge is 0.494 e. The van der Waals surface area contributed by atoms with Crippen molar-refractivity contribution in [2.45, 2.75) is 23.8 Å². The lowest BCUT2D eigenvalue weighted by atomic mass is 10.1. The Bertz CT molecular complexity index is 663. The Labute approximate surface area is 132 Å². The van der Waals surface area contributed by atoms with E-state index >= 15 is 0 Å². The van der Waals surface area contributed by atoms with Crippen LogP contribution in [0.1, 0.15) is 12.8 Å². The molecule has 6 nitrogen and oxygen atoms in total. The van der Waals surface area contributed by atoms with Crippen LogP contribution in [0.2, 0.25) is 10.0 Å². The number of rotatable bonds is 4. The molecule has 1 aliphatic heterocycles. The molecule has 1 aromatic rings. The van der Waals surface area contributed by atoms with Gasteiger partial charge < -0.3 is 10.1 Å². The molecule has 0 radical (unpaired) electrons. The molecular formula is C12H14Cl2N2O4S. The van der Waals surface area contributed by atoms with Crippen molar-refractivity contribution >= 4 is 39.1 Å². The summed E-state index contributed by atoms with van der Waals surface area (Å²) in [4.78, 5) is 11.5. The van der Waals surface area contributed by atoms with Crippen molar-refractivity contribution in [3.8, 4) is 5.75 Å². The smallest absolute Gasteiger partial charge is 0.245 e. The highest BCUT2D eigenvalue weighted by molar-refractivity contribution is 7.89. The van der Waals surface area contributed by atoms with Crippen molar-refractivity contribution < 1.29 is 17.9 Å². The molecule has 21 heavy (non-hydrogen) atoms. The lowest BCUT2D eigenvalue weighted by Crippen LogP contribution is -2.50. The summed E-state index contributed by atoms with van der Waals surface area (Å²) in [7, 11) is -2.66. The molecule has 2 rings (SSSR count). The number of ether oxygens (including phenoxy) is 1. The van der Waals surface area contributed by atoms with E-state index in [1.165, 1.54) is 19.2 Å². The first kappa shape index (κ1) is 16.4. The summed E-state index contributed by atoms with van der Waals surface area (Å²) in [6, 6.07) is 1.85. The van der Waals surface area contributed by atoms with Crippen molar-refractivity contribution in [3.63, 3.8) is 0 Å². The summed E-state index contributed by atoms with van der Waals surface area (Å²) in [5.41, 5.74) is 0. The number of methoxy groups -OCH3 is 1. The fourth-order valence-electron chi connectivity index (χ4n) is 2.05. The maximum Gasteiger partial charge on any atom is 0.245 e. The number of hydrogen-bond acceptors (Lipinski definition) is 4. The van der Waals surface area contributed by atoms with Gasteiger partial charge in [0.05, 0.1) is 12.1 Å². The zero-order chi connectivity index (χ0) is 15.6. The number of sulfonamides is 1. The van der Waals surface area contributed by atoms with Crippen LogP contribution in [0, 0.1) is 0 Å². The molecule has 1 saturated heterocycles. The minimum Gasteiger partial charge on any atom is -0.494 e. The van der Waals surface area contributed by atoms with Crippen molar-refractivity contribution in [3.05, 3.63) is 22.2 Å². The second-order valence-corrected chi connectivity index (χ2v) is 6.97. The van der Waals surface area contributed by atoms with E-state index in [4.69, 9.17) is 27.9 Å². The summed E-state index contributed by atoms with van der Waals surface area (Å²) in [5, 5.41) is 2.80. The second-order valence-electron chi connectivity index (χ2n) is 4.50. The predicted octanol–water partition coefficient (Wildman–Crippen LogP) is 1.56. The number of benzene rings is 1. The average molecular weight is 353 g/mol. The maximum absolute atomic E-state index is 12.4. The molecule has 0 aliphatic carbocycles. The van der Waals surface area contributed by atoms with E-state index in [0.29, 0.717) is 19.4 Å². The Kier molecular flexibility index (Phi) is 4.98. The quantitative estimate of drug-likeness (QED) is 0.860. The van der Waals surface area contributed by atoms with Crippen LogP contribution in [-0.2, 0) is 14.8 Å². The Hall–Kier alpha value is -1.02. The van der Waals surface area contributed by atoms with Gasteiger partial charge in [0.25, 0.3) is 0 Å². The minimum atomic E-state index is -3.95. The SMILES string of the molecule is COc1c(S(=O)(=O)NC2CCCNC2=O)ccc(Cl)c1Cl. The van der Waals surface area contributed by atoms with Gasteiger partial charge in [-0.25, -0.2) is 8.42 Å². The van der Waals surface area contributed by atoms with Gasteiger partial charge >= 0.3 is 0 Å². The number of piperidine rings is 1. The molecule has 116 valence electrons. The second kappa shape index (κ2) is 6.39. The normalized spacial score (nSPS) is 19.2. The molecule has 0 aromatic heterocycles. The number of nitrogens with one attached hydrogen (secondary N) is 2. The van der Waals surface area contributed by atoms with Crippen LogP contribution in [0.15, 0.2) is 17.0 Å². The molecule has 0 spiro atoms. The van der Waals surface area contributed by atoms with Gasteiger partial charge in [-0.1, -0.05) is 23.2 Å². The first-order chi connectivity index (χ1) is 9.86. The summed E-state index contributed by atoms with van der Waals surface area (Å²) < 4.78 is 32.2.